The van der Waals surface area contributed by atoms with Gasteiger partial charge in [0.1, 0.15) is 11.6 Å². The van der Waals surface area contributed by atoms with Crippen LogP contribution >= 0.6 is 11.6 Å². The monoisotopic (exact) mass is 424 g/mol. The van der Waals surface area contributed by atoms with E-state index in [2.05, 4.69) is 17.4 Å². The van der Waals surface area contributed by atoms with Crippen molar-refractivity contribution in [2.75, 3.05) is 0 Å². The van der Waals surface area contributed by atoms with Crippen molar-refractivity contribution in [2.24, 2.45) is 17.8 Å². The van der Waals surface area contributed by atoms with Crippen LogP contribution in [-0.4, -0.2) is 11.3 Å². The van der Waals surface area contributed by atoms with E-state index >= 15 is 0 Å². The number of ether oxygens (including phenoxy) is 1. The van der Waals surface area contributed by atoms with Crippen molar-refractivity contribution >= 4 is 17.8 Å². The second kappa shape index (κ2) is 12.9. The molecule has 0 spiro atoms. The van der Waals surface area contributed by atoms with Crippen molar-refractivity contribution in [3.05, 3.63) is 41.7 Å². The lowest BCUT2D eigenvalue weighted by molar-refractivity contribution is 0.144. The van der Waals surface area contributed by atoms with E-state index in [1.165, 1.54) is 63.5 Å². The number of hydrogen-bond donors (Lipinski definition) is 1. The Morgan fingerprint density at radius 1 is 1.14 bits per heavy atom. The summed E-state index contributed by atoms with van der Waals surface area (Å²) in [5, 5.41) is 8.07. The first-order valence-electron chi connectivity index (χ1n) is 11.0. The lowest BCUT2D eigenvalue weighted by Gasteiger charge is -2.35. The van der Waals surface area contributed by atoms with Crippen molar-refractivity contribution < 1.29 is 19.0 Å². The van der Waals surface area contributed by atoms with Crippen molar-refractivity contribution in [1.82, 2.24) is 0 Å². The standard InChI is InChI=1S/C17H30.C7H4ClFO3/c1-2-3-5-8-15-11-13-17(14-12-15)16-9-6-4-7-10-16;8-5-2-1-4(3-6(5)9)12-7(10)11/h2,15-17H,1,3-14H2;1-3H,(H,10,11). The van der Waals surface area contributed by atoms with Gasteiger partial charge in [0.25, 0.3) is 0 Å². The van der Waals surface area contributed by atoms with E-state index in [4.69, 9.17) is 16.7 Å². The summed E-state index contributed by atoms with van der Waals surface area (Å²) in [5.41, 5.74) is 0. The van der Waals surface area contributed by atoms with Crippen LogP contribution in [0, 0.1) is 23.6 Å². The van der Waals surface area contributed by atoms with E-state index in [9.17, 15) is 9.18 Å². The molecule has 1 aromatic carbocycles. The number of carbonyl (C=O) groups is 1. The molecule has 0 unspecified atom stereocenters. The molecule has 0 aliphatic heterocycles. The van der Waals surface area contributed by atoms with Crippen LogP contribution < -0.4 is 4.74 Å². The molecule has 0 heterocycles. The topological polar surface area (TPSA) is 46.5 Å². The Morgan fingerprint density at radius 2 is 1.79 bits per heavy atom. The Bertz CT molecular complexity index is 635. The Morgan fingerprint density at radius 3 is 2.38 bits per heavy atom. The van der Waals surface area contributed by atoms with Crippen LogP contribution in [-0.2, 0) is 0 Å². The summed E-state index contributed by atoms with van der Waals surface area (Å²) in [7, 11) is 0. The number of unbranched alkanes of at least 4 members (excludes halogenated alkanes) is 1. The molecule has 162 valence electrons. The van der Waals surface area contributed by atoms with Gasteiger partial charge in [-0.05, 0) is 55.6 Å². The number of allylic oxidation sites excluding steroid dienone is 1. The van der Waals surface area contributed by atoms with Crippen LogP contribution in [0.15, 0.2) is 30.9 Å². The van der Waals surface area contributed by atoms with E-state index in [0.717, 1.165) is 23.8 Å². The number of rotatable bonds is 6. The molecule has 3 nitrogen and oxygen atoms in total. The largest absolute Gasteiger partial charge is 0.511 e. The van der Waals surface area contributed by atoms with E-state index in [1.807, 2.05) is 0 Å². The van der Waals surface area contributed by atoms with Gasteiger partial charge in [0, 0.05) is 6.07 Å². The van der Waals surface area contributed by atoms with Gasteiger partial charge in [-0.1, -0.05) is 69.0 Å². The summed E-state index contributed by atoms with van der Waals surface area (Å²) in [4.78, 5) is 9.99. The highest BCUT2D eigenvalue weighted by atomic mass is 35.5. The van der Waals surface area contributed by atoms with Crippen molar-refractivity contribution in [1.29, 1.82) is 0 Å². The molecular weight excluding hydrogens is 391 g/mol. The maximum Gasteiger partial charge on any atom is 0.511 e. The Balaban J connectivity index is 0.000000221. The molecule has 2 saturated carbocycles. The molecule has 2 aliphatic carbocycles. The summed E-state index contributed by atoms with van der Waals surface area (Å²) in [5.74, 6) is 2.46. The third kappa shape index (κ3) is 8.77. The molecule has 1 aromatic rings. The van der Waals surface area contributed by atoms with Crippen LogP contribution in [0.3, 0.4) is 0 Å². The number of halogens is 2. The first-order valence-corrected chi connectivity index (χ1v) is 11.3. The van der Waals surface area contributed by atoms with E-state index < -0.39 is 12.0 Å². The summed E-state index contributed by atoms with van der Waals surface area (Å²) in [6, 6.07) is 3.38. The molecule has 0 amide bonds. The molecule has 5 heteroatoms. The SMILES string of the molecule is C=CCCCC1CCC(C2CCCCC2)CC1.O=C(O)Oc1ccc(Cl)c(F)c1. The van der Waals surface area contributed by atoms with Crippen molar-refractivity contribution in [3.63, 3.8) is 0 Å². The molecule has 29 heavy (non-hydrogen) atoms. The molecule has 0 saturated heterocycles. The van der Waals surface area contributed by atoms with Gasteiger partial charge >= 0.3 is 6.16 Å². The quantitative estimate of drug-likeness (QED) is 0.216. The summed E-state index contributed by atoms with van der Waals surface area (Å²) >= 11 is 5.34. The van der Waals surface area contributed by atoms with Crippen molar-refractivity contribution in [2.45, 2.75) is 77.0 Å². The minimum atomic E-state index is -1.49. The highest BCUT2D eigenvalue weighted by Gasteiger charge is 2.28. The van der Waals surface area contributed by atoms with Gasteiger partial charge in [0.15, 0.2) is 0 Å². The average Bonchev–Trinajstić information content (AvgIpc) is 2.72. The van der Waals surface area contributed by atoms with E-state index in [0.29, 0.717) is 0 Å². The minimum absolute atomic E-state index is 0.0762. The van der Waals surface area contributed by atoms with E-state index in [1.54, 1.807) is 25.7 Å². The van der Waals surface area contributed by atoms with Gasteiger partial charge in [-0.3, -0.25) is 0 Å². The lowest BCUT2D eigenvalue weighted by Crippen LogP contribution is -2.23. The minimum Gasteiger partial charge on any atom is -0.449 e. The van der Waals surface area contributed by atoms with Crippen LogP contribution in [0.5, 0.6) is 5.75 Å². The molecular formula is C24H34ClFO3. The first kappa shape index (κ1) is 23.7. The highest BCUT2D eigenvalue weighted by Crippen LogP contribution is 2.40. The smallest absolute Gasteiger partial charge is 0.449 e. The normalized spacial score (nSPS) is 22.3. The van der Waals surface area contributed by atoms with Crippen LogP contribution in [0.2, 0.25) is 5.02 Å². The first-order chi connectivity index (χ1) is 14.0. The predicted octanol–water partition coefficient (Wildman–Crippen LogP) is 8.27. The van der Waals surface area contributed by atoms with Crippen molar-refractivity contribution in [3.8, 4) is 5.75 Å². The third-order valence-electron chi connectivity index (χ3n) is 6.32. The lowest BCUT2D eigenvalue weighted by atomic mass is 9.70. The molecule has 2 aliphatic rings. The maximum absolute atomic E-state index is 12.6. The second-order valence-corrected chi connectivity index (χ2v) is 8.75. The Labute approximate surface area is 179 Å². The van der Waals surface area contributed by atoms with Gasteiger partial charge in [0.2, 0.25) is 0 Å². The summed E-state index contributed by atoms with van der Waals surface area (Å²) in [6.45, 7) is 3.82. The zero-order valence-electron chi connectivity index (χ0n) is 17.3. The second-order valence-electron chi connectivity index (χ2n) is 8.34. The molecule has 0 aromatic heterocycles. The van der Waals surface area contributed by atoms with Gasteiger partial charge < -0.3 is 9.84 Å². The zero-order valence-corrected chi connectivity index (χ0v) is 18.0. The van der Waals surface area contributed by atoms with Crippen LogP contribution in [0.1, 0.15) is 77.0 Å². The zero-order chi connectivity index (χ0) is 21.1. The average molecular weight is 425 g/mol. The molecule has 2 fully saturated rings. The van der Waals surface area contributed by atoms with E-state index in [-0.39, 0.29) is 10.8 Å². The molecule has 0 bridgehead atoms. The summed E-state index contributed by atoms with van der Waals surface area (Å²) < 4.78 is 16.8. The number of carboxylic acid groups (broad SMARTS) is 1. The highest BCUT2D eigenvalue weighted by molar-refractivity contribution is 6.30. The molecule has 0 radical (unpaired) electrons. The maximum atomic E-state index is 12.6. The Hall–Kier alpha value is -1.55. The van der Waals surface area contributed by atoms with Crippen LogP contribution in [0.4, 0.5) is 9.18 Å². The number of benzene rings is 1. The van der Waals surface area contributed by atoms with Gasteiger partial charge in [-0.2, -0.15) is 0 Å². The fourth-order valence-corrected chi connectivity index (χ4v) is 4.86. The molecule has 0 atom stereocenters. The fourth-order valence-electron chi connectivity index (χ4n) is 4.75. The molecule has 1 N–H and O–H groups in total. The van der Waals surface area contributed by atoms with Gasteiger partial charge in [-0.25, -0.2) is 9.18 Å². The fraction of sp³-hybridized carbons (Fsp3) is 0.625. The van der Waals surface area contributed by atoms with Gasteiger partial charge in [-0.15, -0.1) is 6.58 Å². The number of hydrogen-bond acceptors (Lipinski definition) is 2. The summed E-state index contributed by atoms with van der Waals surface area (Å²) in [6.07, 6.45) is 18.4. The van der Waals surface area contributed by atoms with Gasteiger partial charge in [0.05, 0.1) is 5.02 Å². The Kier molecular flexibility index (Phi) is 10.5. The predicted molar refractivity (Wildman–Crippen MR) is 116 cm³/mol. The molecule has 3 rings (SSSR count). The van der Waals surface area contributed by atoms with Crippen LogP contribution in [0.25, 0.3) is 0 Å². The third-order valence-corrected chi connectivity index (χ3v) is 6.63.